The molecule has 1 heterocycles. The van der Waals surface area contributed by atoms with Gasteiger partial charge in [-0.05, 0) is 30.7 Å². The van der Waals surface area contributed by atoms with Gasteiger partial charge in [0.25, 0.3) is 5.91 Å². The summed E-state index contributed by atoms with van der Waals surface area (Å²) in [5.74, 6) is 0.477. The summed E-state index contributed by atoms with van der Waals surface area (Å²) in [5.41, 5.74) is 1.32. The molecule has 1 aliphatic carbocycles. The van der Waals surface area contributed by atoms with E-state index < -0.39 is 5.41 Å². The molecule has 0 fully saturated rings. The van der Waals surface area contributed by atoms with Gasteiger partial charge in [-0.3, -0.25) is 9.59 Å². The number of fused-ring (bicyclic) bond motifs is 1. The highest BCUT2D eigenvalue weighted by Gasteiger charge is 2.30. The molecule has 21 heavy (non-hydrogen) atoms. The average molecular weight is 308 g/mol. The average Bonchev–Trinajstić information content (AvgIpc) is 2.73. The normalized spacial score (nSPS) is 18.0. The first-order chi connectivity index (χ1) is 9.74. The maximum absolute atomic E-state index is 12.2. The fourth-order valence-electron chi connectivity index (χ4n) is 2.49. The molecular weight excluding hydrogens is 284 g/mol. The van der Waals surface area contributed by atoms with Crippen molar-refractivity contribution in [3.63, 3.8) is 0 Å². The molecule has 0 aliphatic heterocycles. The van der Waals surface area contributed by atoms with Crippen LogP contribution in [0.3, 0.4) is 0 Å². The summed E-state index contributed by atoms with van der Waals surface area (Å²) < 4.78 is 0. The maximum atomic E-state index is 12.2. The third-order valence-corrected chi connectivity index (χ3v) is 5.04. The van der Waals surface area contributed by atoms with Crippen LogP contribution in [0.4, 0.5) is 5.00 Å². The van der Waals surface area contributed by atoms with Crippen molar-refractivity contribution in [1.29, 1.82) is 0 Å². The summed E-state index contributed by atoms with van der Waals surface area (Å²) in [6.07, 6.45) is 3.01. The molecule has 1 atom stereocenters. The van der Waals surface area contributed by atoms with E-state index in [-0.39, 0.29) is 11.8 Å². The molecule has 2 amide bonds. The Labute approximate surface area is 130 Å². The van der Waals surface area contributed by atoms with Crippen LogP contribution in [-0.4, -0.2) is 18.9 Å². The summed E-state index contributed by atoms with van der Waals surface area (Å²) in [5, 5.41) is 6.36. The number of amides is 2. The standard InChI is InChI=1S/C16H24N2O2S/c1-9-6-7-10-11(8-9)21-14(12(10)13(19)17-5)18-15(20)16(2,3)4/h9H,6-8H2,1-5H3,(H,17,19)(H,18,20)/t9-/m1/s1. The highest BCUT2D eigenvalue weighted by atomic mass is 32.1. The lowest BCUT2D eigenvalue weighted by atomic mass is 9.88. The fourth-order valence-corrected chi connectivity index (χ4v) is 3.90. The first kappa shape index (κ1) is 16.0. The van der Waals surface area contributed by atoms with E-state index >= 15 is 0 Å². The molecular formula is C16H24N2O2S. The molecule has 0 bridgehead atoms. The Morgan fingerprint density at radius 1 is 1.29 bits per heavy atom. The minimum atomic E-state index is -0.474. The van der Waals surface area contributed by atoms with Gasteiger partial charge in [0.1, 0.15) is 5.00 Å². The van der Waals surface area contributed by atoms with Crippen molar-refractivity contribution in [2.45, 2.75) is 47.0 Å². The Morgan fingerprint density at radius 3 is 2.52 bits per heavy atom. The van der Waals surface area contributed by atoms with Gasteiger partial charge in [-0.15, -0.1) is 11.3 Å². The lowest BCUT2D eigenvalue weighted by molar-refractivity contribution is -0.123. The van der Waals surface area contributed by atoms with Crippen molar-refractivity contribution in [1.82, 2.24) is 5.32 Å². The van der Waals surface area contributed by atoms with Crippen LogP contribution in [-0.2, 0) is 17.6 Å². The van der Waals surface area contributed by atoms with Crippen molar-refractivity contribution in [2.24, 2.45) is 11.3 Å². The number of hydrogen-bond acceptors (Lipinski definition) is 3. The Morgan fingerprint density at radius 2 is 1.95 bits per heavy atom. The number of anilines is 1. The van der Waals surface area contributed by atoms with Crippen LogP contribution in [0.25, 0.3) is 0 Å². The van der Waals surface area contributed by atoms with Gasteiger partial charge in [0.05, 0.1) is 5.56 Å². The van der Waals surface area contributed by atoms with Gasteiger partial charge in [0.15, 0.2) is 0 Å². The second-order valence-corrected chi connectivity index (χ2v) is 7.94. The molecule has 5 heteroatoms. The number of hydrogen-bond donors (Lipinski definition) is 2. The minimum Gasteiger partial charge on any atom is -0.355 e. The number of thiophene rings is 1. The molecule has 1 aromatic rings. The molecule has 2 N–H and O–H groups in total. The molecule has 4 nitrogen and oxygen atoms in total. The largest absolute Gasteiger partial charge is 0.355 e. The molecule has 0 saturated heterocycles. The predicted molar refractivity (Wildman–Crippen MR) is 87.0 cm³/mol. The fraction of sp³-hybridized carbons (Fsp3) is 0.625. The molecule has 0 saturated carbocycles. The van der Waals surface area contributed by atoms with Gasteiger partial charge in [0, 0.05) is 17.3 Å². The van der Waals surface area contributed by atoms with Gasteiger partial charge in [-0.25, -0.2) is 0 Å². The second kappa shape index (κ2) is 5.79. The first-order valence-corrected chi connectivity index (χ1v) is 8.23. The van der Waals surface area contributed by atoms with Crippen LogP contribution >= 0.6 is 11.3 Å². The minimum absolute atomic E-state index is 0.0562. The molecule has 1 aliphatic rings. The molecule has 0 spiro atoms. The van der Waals surface area contributed by atoms with E-state index in [0.29, 0.717) is 16.5 Å². The Bertz CT molecular complexity index is 570. The number of carbonyl (C=O) groups excluding carboxylic acids is 2. The topological polar surface area (TPSA) is 58.2 Å². The first-order valence-electron chi connectivity index (χ1n) is 7.42. The molecule has 2 rings (SSSR count). The Kier molecular flexibility index (Phi) is 4.42. The van der Waals surface area contributed by atoms with Gasteiger partial charge in [-0.1, -0.05) is 27.7 Å². The van der Waals surface area contributed by atoms with E-state index in [1.165, 1.54) is 4.88 Å². The summed E-state index contributed by atoms with van der Waals surface area (Å²) in [6, 6.07) is 0. The highest BCUT2D eigenvalue weighted by Crippen LogP contribution is 2.40. The smallest absolute Gasteiger partial charge is 0.254 e. The van der Waals surface area contributed by atoms with Crippen molar-refractivity contribution >= 4 is 28.2 Å². The lowest BCUT2D eigenvalue weighted by Gasteiger charge is -2.19. The van der Waals surface area contributed by atoms with Crippen LogP contribution < -0.4 is 10.6 Å². The van der Waals surface area contributed by atoms with E-state index in [1.807, 2.05) is 20.8 Å². The maximum Gasteiger partial charge on any atom is 0.254 e. The molecule has 116 valence electrons. The van der Waals surface area contributed by atoms with E-state index in [0.717, 1.165) is 24.8 Å². The van der Waals surface area contributed by atoms with Crippen LogP contribution in [0.15, 0.2) is 0 Å². The van der Waals surface area contributed by atoms with Crippen LogP contribution in [0.1, 0.15) is 54.9 Å². The zero-order valence-corrected chi connectivity index (χ0v) is 14.2. The number of carbonyl (C=O) groups is 2. The van der Waals surface area contributed by atoms with Crippen molar-refractivity contribution in [3.05, 3.63) is 16.0 Å². The Hall–Kier alpha value is -1.36. The highest BCUT2D eigenvalue weighted by molar-refractivity contribution is 7.17. The third kappa shape index (κ3) is 3.28. The molecule has 0 aromatic carbocycles. The quantitative estimate of drug-likeness (QED) is 0.881. The third-order valence-electron chi connectivity index (χ3n) is 3.87. The number of rotatable bonds is 2. The SMILES string of the molecule is CNC(=O)c1c(NC(=O)C(C)(C)C)sc2c1CC[C@@H](C)C2. The summed E-state index contributed by atoms with van der Waals surface area (Å²) in [6.45, 7) is 7.85. The summed E-state index contributed by atoms with van der Waals surface area (Å²) in [7, 11) is 1.63. The zero-order valence-electron chi connectivity index (χ0n) is 13.4. The molecule has 0 unspecified atom stereocenters. The van der Waals surface area contributed by atoms with E-state index in [4.69, 9.17) is 0 Å². The Balaban J connectivity index is 2.41. The molecule has 1 aromatic heterocycles. The summed E-state index contributed by atoms with van der Waals surface area (Å²) in [4.78, 5) is 25.7. The second-order valence-electron chi connectivity index (χ2n) is 6.84. The number of nitrogens with one attached hydrogen (secondary N) is 2. The van der Waals surface area contributed by atoms with Crippen molar-refractivity contribution in [2.75, 3.05) is 12.4 Å². The lowest BCUT2D eigenvalue weighted by Crippen LogP contribution is -2.29. The summed E-state index contributed by atoms with van der Waals surface area (Å²) >= 11 is 1.56. The van der Waals surface area contributed by atoms with E-state index in [9.17, 15) is 9.59 Å². The van der Waals surface area contributed by atoms with Gasteiger partial charge in [-0.2, -0.15) is 0 Å². The van der Waals surface area contributed by atoms with Crippen molar-refractivity contribution < 1.29 is 9.59 Å². The van der Waals surface area contributed by atoms with Gasteiger partial charge in [0.2, 0.25) is 5.91 Å². The van der Waals surface area contributed by atoms with Crippen LogP contribution in [0.2, 0.25) is 0 Å². The van der Waals surface area contributed by atoms with E-state index in [2.05, 4.69) is 17.6 Å². The van der Waals surface area contributed by atoms with Gasteiger partial charge >= 0.3 is 0 Å². The van der Waals surface area contributed by atoms with E-state index in [1.54, 1.807) is 18.4 Å². The molecule has 0 radical (unpaired) electrons. The van der Waals surface area contributed by atoms with Crippen LogP contribution in [0, 0.1) is 11.3 Å². The van der Waals surface area contributed by atoms with Gasteiger partial charge < -0.3 is 10.6 Å². The predicted octanol–water partition coefficient (Wildman–Crippen LogP) is 3.22. The zero-order chi connectivity index (χ0) is 15.8. The van der Waals surface area contributed by atoms with Crippen LogP contribution in [0.5, 0.6) is 0 Å². The van der Waals surface area contributed by atoms with Crippen molar-refractivity contribution in [3.8, 4) is 0 Å². The monoisotopic (exact) mass is 308 g/mol.